The van der Waals surface area contributed by atoms with Crippen LogP contribution in [0.25, 0.3) is 0 Å². The molecule has 0 saturated carbocycles. The Balaban J connectivity index is 0.000000214. The first-order valence-electron chi connectivity index (χ1n) is 9.77. The number of ether oxygens (including phenoxy) is 1. The topological polar surface area (TPSA) is 49.7 Å². The molecule has 0 spiro atoms. The van der Waals surface area contributed by atoms with Crippen LogP contribution in [0.4, 0.5) is 0 Å². The van der Waals surface area contributed by atoms with Crippen LogP contribution in [-0.4, -0.2) is 30.0 Å². The summed E-state index contributed by atoms with van der Waals surface area (Å²) in [5.41, 5.74) is 5.20. The Morgan fingerprint density at radius 3 is 1.52 bits per heavy atom. The van der Waals surface area contributed by atoms with Gasteiger partial charge in [0, 0.05) is 57.3 Å². The van der Waals surface area contributed by atoms with Crippen molar-refractivity contribution in [1.82, 2.24) is 0 Å². The molecule has 3 nitrogen and oxygen atoms in total. The van der Waals surface area contributed by atoms with Crippen LogP contribution in [0.15, 0.2) is 84.9 Å². The van der Waals surface area contributed by atoms with Crippen LogP contribution in [0.3, 0.4) is 0 Å². The van der Waals surface area contributed by atoms with Gasteiger partial charge in [-0.1, -0.05) is 84.9 Å². The maximum absolute atomic E-state index is 8.52. The first kappa shape index (κ1) is 26.0. The van der Waals surface area contributed by atoms with Gasteiger partial charge >= 0.3 is 0 Å². The third-order valence-electron chi connectivity index (χ3n) is 4.38. The van der Waals surface area contributed by atoms with Crippen LogP contribution in [-0.2, 0) is 30.6 Å². The van der Waals surface area contributed by atoms with Gasteiger partial charge in [0.1, 0.15) is 0 Å². The van der Waals surface area contributed by atoms with Crippen molar-refractivity contribution in [3.63, 3.8) is 0 Å². The number of aliphatic hydroxyl groups excluding tert-OH is 2. The fourth-order valence-corrected chi connectivity index (χ4v) is 2.85. The Morgan fingerprint density at radius 2 is 1.07 bits per heavy atom. The Hall–Kier alpha value is -1.02. The second-order valence-corrected chi connectivity index (χ2v) is 6.49. The predicted molar refractivity (Wildman–Crippen MR) is 114 cm³/mol. The summed E-state index contributed by atoms with van der Waals surface area (Å²) in [5, 5.41) is 17.0. The monoisotopic (exact) mass is 605 g/mol. The fourth-order valence-electron chi connectivity index (χ4n) is 2.85. The number of hydrogen-bond donors (Lipinski definition) is 2. The number of fused-ring (bicyclic) bond motifs is 1. The molecule has 3 aromatic rings. The van der Waals surface area contributed by atoms with E-state index in [1.54, 1.807) is 0 Å². The third kappa shape index (κ3) is 11.1. The fraction of sp³-hybridized carbons (Fsp3) is 0.280. The van der Waals surface area contributed by atoms with Crippen molar-refractivity contribution in [3.8, 4) is 0 Å². The molecule has 0 saturated heterocycles. The van der Waals surface area contributed by atoms with Crippen molar-refractivity contribution in [1.29, 1.82) is 0 Å². The van der Waals surface area contributed by atoms with Gasteiger partial charge in [-0.3, -0.25) is 0 Å². The van der Waals surface area contributed by atoms with E-state index in [0.717, 1.165) is 32.5 Å². The molecule has 0 amide bonds. The molecular weight excluding hydrogens is 575 g/mol. The molecule has 0 aromatic heterocycles. The van der Waals surface area contributed by atoms with Crippen LogP contribution in [0.2, 0.25) is 0 Å². The van der Waals surface area contributed by atoms with Crippen molar-refractivity contribution >= 4 is 0 Å². The minimum absolute atomic E-state index is 0. The van der Waals surface area contributed by atoms with E-state index in [1.807, 2.05) is 60.7 Å². The molecule has 0 atom stereocenters. The quantitative estimate of drug-likeness (QED) is 0.469. The Bertz CT molecular complexity index is 697. The maximum Gasteiger partial charge on any atom is 0.0719 e. The molecule has 1 heterocycles. The van der Waals surface area contributed by atoms with E-state index in [2.05, 4.69) is 24.3 Å². The van der Waals surface area contributed by atoms with E-state index in [1.165, 1.54) is 22.3 Å². The summed E-state index contributed by atoms with van der Waals surface area (Å²) in [6.45, 7) is 2.17. The summed E-state index contributed by atoms with van der Waals surface area (Å²) in [7, 11) is 0. The molecule has 3 aromatic carbocycles. The summed E-state index contributed by atoms with van der Waals surface area (Å²) in [6, 6.07) is 28.4. The second kappa shape index (κ2) is 16.7. The summed E-state index contributed by atoms with van der Waals surface area (Å²) in [4.78, 5) is 0. The average molecular weight is 606 g/mol. The predicted octanol–water partition coefficient (Wildman–Crippen LogP) is 4.20. The molecule has 29 heavy (non-hydrogen) atoms. The van der Waals surface area contributed by atoms with E-state index in [4.69, 9.17) is 14.9 Å². The summed E-state index contributed by atoms with van der Waals surface area (Å²) < 4.78 is 5.30. The van der Waals surface area contributed by atoms with Gasteiger partial charge in [0.25, 0.3) is 0 Å². The van der Waals surface area contributed by atoms with Crippen LogP contribution < -0.4 is 0 Å². The average Bonchev–Trinajstić information content (AvgIpc) is 2.77. The van der Waals surface area contributed by atoms with Gasteiger partial charge in [0.2, 0.25) is 0 Å². The first-order chi connectivity index (χ1) is 13.8. The molecule has 4 heteroatoms. The van der Waals surface area contributed by atoms with Crippen LogP contribution in [0, 0.1) is 44.1 Å². The normalized spacial score (nSPS) is 11.5. The zero-order valence-corrected chi connectivity index (χ0v) is 21.7. The maximum atomic E-state index is 8.52. The van der Waals surface area contributed by atoms with E-state index in [9.17, 15) is 0 Å². The van der Waals surface area contributed by atoms with Gasteiger partial charge in [-0.15, -0.1) is 0 Å². The Labute approximate surface area is 210 Å². The van der Waals surface area contributed by atoms with Gasteiger partial charge in [0.15, 0.2) is 0 Å². The van der Waals surface area contributed by atoms with Crippen LogP contribution >= 0.6 is 0 Å². The van der Waals surface area contributed by atoms with Gasteiger partial charge in [-0.2, -0.15) is 0 Å². The van der Waals surface area contributed by atoms with E-state index >= 15 is 0 Å². The van der Waals surface area contributed by atoms with Gasteiger partial charge in [-0.25, -0.2) is 0 Å². The minimum atomic E-state index is 0. The smallest absolute Gasteiger partial charge is 0.0719 e. The molecule has 151 valence electrons. The van der Waals surface area contributed by atoms with Crippen molar-refractivity contribution < 1.29 is 59.0 Å². The molecule has 4 rings (SSSR count). The number of hydrogen-bond acceptors (Lipinski definition) is 3. The Morgan fingerprint density at radius 1 is 0.621 bits per heavy atom. The zero-order chi connectivity index (χ0) is 19.9. The van der Waals surface area contributed by atoms with Gasteiger partial charge < -0.3 is 14.9 Å². The number of rotatable bonds is 4. The molecule has 0 aliphatic carbocycles. The molecular formula is C25H30AcO3. The largest absolute Gasteiger partial charge is 0.396 e. The molecule has 0 fully saturated rings. The first-order valence-corrected chi connectivity index (χ1v) is 9.77. The van der Waals surface area contributed by atoms with Gasteiger partial charge in [0.05, 0.1) is 13.2 Å². The standard InChI is InChI=1S/C9H10O.2C8H10O.Ac/c1-2-4-9-7-10-6-5-8(9)3-1;2*9-7-6-8-4-2-1-3-5-8;/h1-4H,5-7H2;2*1-5,9H,6-7H2;. The van der Waals surface area contributed by atoms with Crippen molar-refractivity contribution in [3.05, 3.63) is 107 Å². The van der Waals surface area contributed by atoms with Gasteiger partial charge in [-0.05, 0) is 41.5 Å². The molecule has 1 aliphatic heterocycles. The molecule has 0 unspecified atom stereocenters. The second-order valence-electron chi connectivity index (χ2n) is 6.49. The van der Waals surface area contributed by atoms with Crippen molar-refractivity contribution in [2.45, 2.75) is 25.9 Å². The molecule has 1 aliphatic rings. The summed E-state index contributed by atoms with van der Waals surface area (Å²) in [6.07, 6.45) is 2.61. The van der Waals surface area contributed by atoms with E-state index in [0.29, 0.717) is 0 Å². The molecule has 2 N–H and O–H groups in total. The number of aliphatic hydroxyl groups is 2. The zero-order valence-electron chi connectivity index (χ0n) is 16.9. The van der Waals surface area contributed by atoms with E-state index < -0.39 is 0 Å². The Kier molecular flexibility index (Phi) is 15.0. The minimum Gasteiger partial charge on any atom is -0.396 e. The summed E-state index contributed by atoms with van der Waals surface area (Å²) >= 11 is 0. The molecule has 1 radical (unpaired) electrons. The van der Waals surface area contributed by atoms with Crippen LogP contribution in [0.5, 0.6) is 0 Å². The van der Waals surface area contributed by atoms with Crippen molar-refractivity contribution in [2.24, 2.45) is 0 Å². The van der Waals surface area contributed by atoms with Crippen molar-refractivity contribution in [2.75, 3.05) is 19.8 Å². The molecule has 0 bridgehead atoms. The number of benzene rings is 3. The third-order valence-corrected chi connectivity index (χ3v) is 4.38. The summed E-state index contributed by atoms with van der Waals surface area (Å²) in [5.74, 6) is 0. The van der Waals surface area contributed by atoms with Crippen LogP contribution in [0.1, 0.15) is 22.3 Å². The SMILES string of the molecule is OCCc1ccccc1.OCCc1ccccc1.[Ac].c1ccc2c(c1)CCOC2. The van der Waals surface area contributed by atoms with E-state index in [-0.39, 0.29) is 57.3 Å².